The van der Waals surface area contributed by atoms with Crippen molar-refractivity contribution >= 4 is 40.8 Å². The van der Waals surface area contributed by atoms with E-state index in [2.05, 4.69) is 4.98 Å². The van der Waals surface area contributed by atoms with Crippen molar-refractivity contribution in [3.8, 4) is 0 Å². The first-order valence-electron chi connectivity index (χ1n) is 8.51. The monoisotopic (exact) mass is 432 g/mol. The van der Waals surface area contributed by atoms with E-state index in [-0.39, 0.29) is 24.6 Å². The van der Waals surface area contributed by atoms with Gasteiger partial charge in [0.15, 0.2) is 0 Å². The molecule has 29 heavy (non-hydrogen) atoms. The Balaban J connectivity index is 1.89. The molecule has 0 saturated heterocycles. The first-order valence-corrected chi connectivity index (χ1v) is 9.27. The Morgan fingerprint density at radius 3 is 2.48 bits per heavy atom. The van der Waals surface area contributed by atoms with Crippen LogP contribution in [0.4, 0.5) is 10.1 Å². The maximum absolute atomic E-state index is 13.8. The van der Waals surface area contributed by atoms with Crippen LogP contribution in [0.25, 0.3) is 0 Å². The number of hydrogen-bond donors (Lipinski definition) is 1. The number of carboxylic acid groups (broad SMARTS) is 1. The van der Waals surface area contributed by atoms with Gasteiger partial charge in [-0.2, -0.15) is 0 Å². The summed E-state index contributed by atoms with van der Waals surface area (Å²) in [7, 11) is 0. The third-order valence-corrected chi connectivity index (χ3v) is 4.75. The van der Waals surface area contributed by atoms with E-state index in [1.165, 1.54) is 41.4 Å². The fourth-order valence-corrected chi connectivity index (χ4v) is 3.18. The van der Waals surface area contributed by atoms with Gasteiger partial charge in [0.25, 0.3) is 0 Å². The van der Waals surface area contributed by atoms with Crippen LogP contribution in [0.15, 0.2) is 60.8 Å². The molecule has 0 fully saturated rings. The topological polar surface area (TPSA) is 70.5 Å². The van der Waals surface area contributed by atoms with E-state index in [1.807, 2.05) is 0 Å². The molecule has 0 bridgehead atoms. The van der Waals surface area contributed by atoms with E-state index in [9.17, 15) is 14.0 Å². The van der Waals surface area contributed by atoms with Gasteiger partial charge in [0.1, 0.15) is 11.5 Å². The Kier molecular flexibility index (Phi) is 6.46. The predicted octanol–water partition coefficient (Wildman–Crippen LogP) is 5.00. The van der Waals surface area contributed by atoms with Crippen LogP contribution >= 0.6 is 23.2 Å². The number of benzene rings is 2. The number of aromatic nitrogens is 1. The van der Waals surface area contributed by atoms with Crippen LogP contribution in [-0.4, -0.2) is 22.0 Å². The number of hydrogen-bond acceptors (Lipinski definition) is 3. The summed E-state index contributed by atoms with van der Waals surface area (Å²) in [5.74, 6) is -1.96. The van der Waals surface area contributed by atoms with Crippen LogP contribution in [0.5, 0.6) is 0 Å². The minimum atomic E-state index is -1.15. The van der Waals surface area contributed by atoms with Crippen molar-refractivity contribution in [1.82, 2.24) is 4.98 Å². The third kappa shape index (κ3) is 5.31. The van der Waals surface area contributed by atoms with Crippen molar-refractivity contribution in [3.63, 3.8) is 0 Å². The maximum atomic E-state index is 13.8. The Bertz CT molecular complexity index is 1060. The third-order valence-electron chi connectivity index (χ3n) is 4.16. The molecule has 2 aromatic carbocycles. The lowest BCUT2D eigenvalue weighted by Crippen LogP contribution is -2.32. The molecule has 3 rings (SSSR count). The van der Waals surface area contributed by atoms with Crippen LogP contribution in [0.1, 0.15) is 21.6 Å². The van der Waals surface area contributed by atoms with Gasteiger partial charge in [-0.05, 0) is 47.5 Å². The molecule has 1 aromatic heterocycles. The molecule has 1 amide bonds. The lowest BCUT2D eigenvalue weighted by Gasteiger charge is -2.24. The lowest BCUT2D eigenvalue weighted by molar-refractivity contribution is -0.118. The number of amides is 1. The van der Waals surface area contributed by atoms with Crippen molar-refractivity contribution in [2.45, 2.75) is 13.0 Å². The number of carboxylic acids is 1. The number of rotatable bonds is 6. The van der Waals surface area contributed by atoms with Crippen molar-refractivity contribution in [2.24, 2.45) is 0 Å². The number of nitrogens with zero attached hydrogens (tertiary/aromatic N) is 2. The van der Waals surface area contributed by atoms with E-state index in [0.717, 1.165) is 0 Å². The summed E-state index contributed by atoms with van der Waals surface area (Å²) in [6.45, 7) is 0.110. The van der Waals surface area contributed by atoms with Crippen molar-refractivity contribution in [2.75, 3.05) is 4.90 Å². The summed E-state index contributed by atoms with van der Waals surface area (Å²) in [6, 6.07) is 13.5. The standard InChI is InChI=1S/C21H15Cl2FN2O3/c22-15-6-5-14(18(23)9-15)12-26(17-3-1-2-16(24)10-17)20(27)8-13-4-7-19(21(28)29)25-11-13/h1-7,9-11H,8,12H2,(H,28,29). The average Bonchev–Trinajstić information content (AvgIpc) is 2.67. The Morgan fingerprint density at radius 2 is 1.86 bits per heavy atom. The molecular weight excluding hydrogens is 418 g/mol. The highest BCUT2D eigenvalue weighted by Crippen LogP contribution is 2.26. The van der Waals surface area contributed by atoms with Gasteiger partial charge in [0, 0.05) is 21.9 Å². The van der Waals surface area contributed by atoms with E-state index >= 15 is 0 Å². The molecule has 3 aromatic rings. The quantitative estimate of drug-likeness (QED) is 0.594. The molecule has 0 atom stereocenters. The zero-order valence-corrected chi connectivity index (χ0v) is 16.5. The summed E-state index contributed by atoms with van der Waals surface area (Å²) >= 11 is 12.2. The fourth-order valence-electron chi connectivity index (χ4n) is 2.71. The van der Waals surface area contributed by atoms with Gasteiger partial charge >= 0.3 is 5.97 Å². The van der Waals surface area contributed by atoms with Crippen LogP contribution in [0, 0.1) is 5.82 Å². The van der Waals surface area contributed by atoms with Gasteiger partial charge in [-0.15, -0.1) is 0 Å². The molecule has 8 heteroatoms. The smallest absolute Gasteiger partial charge is 0.354 e. The average molecular weight is 433 g/mol. The Hall–Kier alpha value is -2.96. The van der Waals surface area contributed by atoms with Crippen molar-refractivity contribution < 1.29 is 19.1 Å². The summed E-state index contributed by atoms with van der Waals surface area (Å²) in [5.41, 5.74) is 1.43. The second-order valence-electron chi connectivity index (χ2n) is 6.23. The van der Waals surface area contributed by atoms with Crippen LogP contribution in [0.2, 0.25) is 10.0 Å². The molecule has 0 saturated carbocycles. The molecule has 0 aliphatic carbocycles. The fraction of sp³-hybridized carbons (Fsp3) is 0.0952. The van der Waals surface area contributed by atoms with E-state index < -0.39 is 11.8 Å². The lowest BCUT2D eigenvalue weighted by atomic mass is 10.1. The number of pyridine rings is 1. The molecule has 1 heterocycles. The van der Waals surface area contributed by atoms with Gasteiger partial charge in [0.2, 0.25) is 5.91 Å². The SMILES string of the molecule is O=C(O)c1ccc(CC(=O)N(Cc2ccc(Cl)cc2Cl)c2cccc(F)c2)cn1. The van der Waals surface area contributed by atoms with E-state index in [0.29, 0.717) is 26.9 Å². The van der Waals surface area contributed by atoms with Gasteiger partial charge in [-0.25, -0.2) is 14.2 Å². The molecule has 148 valence electrons. The predicted molar refractivity (Wildman–Crippen MR) is 109 cm³/mol. The van der Waals surface area contributed by atoms with Crippen molar-refractivity contribution in [3.05, 3.63) is 93.5 Å². The van der Waals surface area contributed by atoms with Crippen LogP contribution < -0.4 is 4.90 Å². The first-order chi connectivity index (χ1) is 13.8. The normalized spacial score (nSPS) is 10.6. The highest BCUT2D eigenvalue weighted by Gasteiger charge is 2.19. The summed E-state index contributed by atoms with van der Waals surface area (Å²) < 4.78 is 13.8. The molecule has 0 unspecified atom stereocenters. The molecule has 5 nitrogen and oxygen atoms in total. The molecule has 1 N–H and O–H groups in total. The second-order valence-corrected chi connectivity index (χ2v) is 7.07. The van der Waals surface area contributed by atoms with Gasteiger partial charge in [-0.3, -0.25) is 4.79 Å². The summed E-state index contributed by atoms with van der Waals surface area (Å²) in [6.07, 6.45) is 1.29. The highest BCUT2D eigenvalue weighted by atomic mass is 35.5. The number of carbonyl (C=O) groups excluding carboxylic acids is 1. The molecule has 0 aliphatic heterocycles. The van der Waals surface area contributed by atoms with Crippen molar-refractivity contribution in [1.29, 1.82) is 0 Å². The molecular formula is C21H15Cl2FN2O3. The van der Waals surface area contributed by atoms with Crippen LogP contribution in [-0.2, 0) is 17.8 Å². The zero-order chi connectivity index (χ0) is 21.0. The van der Waals surface area contributed by atoms with E-state index in [4.69, 9.17) is 28.3 Å². The maximum Gasteiger partial charge on any atom is 0.354 e. The summed E-state index contributed by atoms with van der Waals surface area (Å²) in [5, 5.41) is 9.79. The Labute approximate surface area is 176 Å². The Morgan fingerprint density at radius 1 is 1.07 bits per heavy atom. The number of halogens is 3. The van der Waals surface area contributed by atoms with Gasteiger partial charge in [-0.1, -0.05) is 41.4 Å². The highest BCUT2D eigenvalue weighted by molar-refractivity contribution is 6.35. The van der Waals surface area contributed by atoms with Crippen LogP contribution in [0.3, 0.4) is 0 Å². The van der Waals surface area contributed by atoms with E-state index in [1.54, 1.807) is 24.3 Å². The van der Waals surface area contributed by atoms with Gasteiger partial charge in [0.05, 0.1) is 13.0 Å². The van der Waals surface area contributed by atoms with Gasteiger partial charge < -0.3 is 10.0 Å². The number of aromatic carboxylic acids is 1. The number of anilines is 1. The minimum absolute atomic E-state index is 0.0470. The molecule has 0 aliphatic rings. The second kappa shape index (κ2) is 9.03. The molecule has 0 spiro atoms. The zero-order valence-electron chi connectivity index (χ0n) is 15.0. The molecule has 0 radical (unpaired) electrons. The minimum Gasteiger partial charge on any atom is -0.477 e. The number of carbonyl (C=O) groups is 2. The largest absolute Gasteiger partial charge is 0.477 e. The first kappa shape index (κ1) is 20.8. The summed E-state index contributed by atoms with van der Waals surface area (Å²) in [4.78, 5) is 29.2.